The van der Waals surface area contributed by atoms with Crippen LogP contribution in [-0.4, -0.2) is 45.4 Å². The van der Waals surface area contributed by atoms with Crippen molar-refractivity contribution in [1.29, 1.82) is 0 Å². The molecule has 0 aromatic rings. The van der Waals surface area contributed by atoms with Gasteiger partial charge in [0.25, 0.3) is 0 Å². The number of ether oxygens (including phenoxy) is 2. The minimum absolute atomic E-state index is 0.00121. The van der Waals surface area contributed by atoms with Crippen molar-refractivity contribution < 1.29 is 14.3 Å². The first-order valence-electron chi connectivity index (χ1n) is 5.31. The minimum atomic E-state index is -0.319. The van der Waals surface area contributed by atoms with Crippen LogP contribution in [-0.2, 0) is 14.3 Å². The van der Waals surface area contributed by atoms with E-state index in [1.165, 1.54) is 0 Å². The van der Waals surface area contributed by atoms with Crippen LogP contribution >= 0.6 is 0 Å². The zero-order valence-corrected chi connectivity index (χ0v) is 9.62. The van der Waals surface area contributed by atoms with Gasteiger partial charge in [0.1, 0.15) is 6.61 Å². The SMILES string of the molecule is CNC(C)CCCOC(=O)COCCN. The summed E-state index contributed by atoms with van der Waals surface area (Å²) in [6, 6.07) is 0.456. The van der Waals surface area contributed by atoms with E-state index in [9.17, 15) is 4.79 Å². The predicted octanol–water partition coefficient (Wildman–Crippen LogP) is -0.107. The summed E-state index contributed by atoms with van der Waals surface area (Å²) in [4.78, 5) is 11.0. The molecule has 0 fully saturated rings. The second-order valence-corrected chi connectivity index (χ2v) is 3.39. The Kier molecular flexibility index (Phi) is 9.46. The van der Waals surface area contributed by atoms with Crippen LogP contribution in [0.5, 0.6) is 0 Å². The zero-order valence-electron chi connectivity index (χ0n) is 9.62. The molecule has 0 heterocycles. The molecule has 0 saturated carbocycles. The van der Waals surface area contributed by atoms with Crippen molar-refractivity contribution in [2.75, 3.05) is 33.4 Å². The van der Waals surface area contributed by atoms with E-state index in [4.69, 9.17) is 15.2 Å². The van der Waals surface area contributed by atoms with Gasteiger partial charge in [-0.1, -0.05) is 0 Å². The van der Waals surface area contributed by atoms with E-state index >= 15 is 0 Å². The third kappa shape index (κ3) is 9.65. The number of carbonyl (C=O) groups is 1. The van der Waals surface area contributed by atoms with Crippen molar-refractivity contribution in [2.24, 2.45) is 5.73 Å². The lowest BCUT2D eigenvalue weighted by molar-refractivity contribution is -0.149. The van der Waals surface area contributed by atoms with Crippen LogP contribution in [0, 0.1) is 0 Å². The highest BCUT2D eigenvalue weighted by atomic mass is 16.6. The van der Waals surface area contributed by atoms with Crippen molar-refractivity contribution >= 4 is 5.97 Å². The third-order valence-electron chi connectivity index (χ3n) is 2.02. The predicted molar refractivity (Wildman–Crippen MR) is 58.6 cm³/mol. The third-order valence-corrected chi connectivity index (χ3v) is 2.02. The van der Waals surface area contributed by atoms with Gasteiger partial charge in [0.05, 0.1) is 13.2 Å². The number of hydrogen-bond donors (Lipinski definition) is 2. The zero-order chi connectivity index (χ0) is 11.5. The summed E-state index contributed by atoms with van der Waals surface area (Å²) >= 11 is 0. The molecule has 3 N–H and O–H groups in total. The van der Waals surface area contributed by atoms with Crippen LogP contribution in [0.15, 0.2) is 0 Å². The van der Waals surface area contributed by atoms with E-state index in [0.717, 1.165) is 12.8 Å². The quantitative estimate of drug-likeness (QED) is 0.417. The molecule has 1 unspecified atom stereocenters. The Bertz CT molecular complexity index is 165. The van der Waals surface area contributed by atoms with Gasteiger partial charge in [-0.25, -0.2) is 4.79 Å². The lowest BCUT2D eigenvalue weighted by Crippen LogP contribution is -2.22. The fraction of sp³-hybridized carbons (Fsp3) is 0.900. The molecule has 0 radical (unpaired) electrons. The van der Waals surface area contributed by atoms with Crippen molar-refractivity contribution in [3.8, 4) is 0 Å². The van der Waals surface area contributed by atoms with Crippen LogP contribution < -0.4 is 11.1 Å². The van der Waals surface area contributed by atoms with E-state index in [2.05, 4.69) is 12.2 Å². The monoisotopic (exact) mass is 218 g/mol. The summed E-state index contributed by atoms with van der Waals surface area (Å²) < 4.78 is 9.88. The normalized spacial score (nSPS) is 12.5. The van der Waals surface area contributed by atoms with E-state index in [0.29, 0.717) is 25.8 Å². The Labute approximate surface area is 91.3 Å². The van der Waals surface area contributed by atoms with Crippen molar-refractivity contribution in [3.05, 3.63) is 0 Å². The summed E-state index contributed by atoms with van der Waals surface area (Å²) in [5.74, 6) is -0.319. The van der Waals surface area contributed by atoms with Gasteiger partial charge in [-0.15, -0.1) is 0 Å². The average molecular weight is 218 g/mol. The lowest BCUT2D eigenvalue weighted by atomic mass is 10.2. The van der Waals surface area contributed by atoms with Crippen LogP contribution in [0.1, 0.15) is 19.8 Å². The maximum absolute atomic E-state index is 11.0. The largest absolute Gasteiger partial charge is 0.464 e. The molecule has 0 aromatic carbocycles. The summed E-state index contributed by atoms with van der Waals surface area (Å²) in [5, 5.41) is 3.12. The topological polar surface area (TPSA) is 73.6 Å². The summed E-state index contributed by atoms with van der Waals surface area (Å²) in [7, 11) is 1.91. The van der Waals surface area contributed by atoms with Gasteiger partial charge >= 0.3 is 5.97 Å². The molecule has 0 bridgehead atoms. The van der Waals surface area contributed by atoms with E-state index < -0.39 is 0 Å². The first-order valence-corrected chi connectivity index (χ1v) is 5.31. The Morgan fingerprint density at radius 3 is 2.80 bits per heavy atom. The number of rotatable bonds is 9. The molecule has 0 aliphatic rings. The van der Waals surface area contributed by atoms with Crippen LogP contribution in [0.25, 0.3) is 0 Å². The van der Waals surface area contributed by atoms with Gasteiger partial charge < -0.3 is 20.5 Å². The number of carbonyl (C=O) groups excluding carboxylic acids is 1. The van der Waals surface area contributed by atoms with Gasteiger partial charge in [-0.2, -0.15) is 0 Å². The Morgan fingerprint density at radius 2 is 2.20 bits per heavy atom. The highest BCUT2D eigenvalue weighted by molar-refractivity contribution is 5.70. The number of esters is 1. The smallest absolute Gasteiger partial charge is 0.332 e. The maximum Gasteiger partial charge on any atom is 0.332 e. The number of hydrogen-bond acceptors (Lipinski definition) is 5. The van der Waals surface area contributed by atoms with Crippen LogP contribution in [0.3, 0.4) is 0 Å². The first-order chi connectivity index (χ1) is 7.20. The number of nitrogens with two attached hydrogens (primary N) is 1. The standard InChI is InChI=1S/C10H22N2O3/c1-9(12-2)4-3-6-15-10(13)8-14-7-5-11/h9,12H,3-8,11H2,1-2H3. The second kappa shape index (κ2) is 9.89. The molecule has 5 nitrogen and oxygen atoms in total. The van der Waals surface area contributed by atoms with Crippen molar-refractivity contribution in [1.82, 2.24) is 5.32 Å². The second-order valence-electron chi connectivity index (χ2n) is 3.39. The van der Waals surface area contributed by atoms with Crippen molar-refractivity contribution in [3.63, 3.8) is 0 Å². The van der Waals surface area contributed by atoms with Gasteiger partial charge in [-0.05, 0) is 26.8 Å². The molecular formula is C10H22N2O3. The van der Waals surface area contributed by atoms with E-state index in [1.807, 2.05) is 7.05 Å². The van der Waals surface area contributed by atoms with Gasteiger partial charge in [0, 0.05) is 12.6 Å². The van der Waals surface area contributed by atoms with E-state index in [1.54, 1.807) is 0 Å². The highest BCUT2D eigenvalue weighted by Gasteiger charge is 2.03. The number of nitrogens with one attached hydrogen (secondary N) is 1. The van der Waals surface area contributed by atoms with Gasteiger partial charge in [0.2, 0.25) is 0 Å². The minimum Gasteiger partial charge on any atom is -0.464 e. The highest BCUT2D eigenvalue weighted by Crippen LogP contribution is 1.96. The van der Waals surface area contributed by atoms with Crippen molar-refractivity contribution in [2.45, 2.75) is 25.8 Å². The molecule has 0 rings (SSSR count). The molecule has 0 saturated heterocycles. The molecular weight excluding hydrogens is 196 g/mol. The Hall–Kier alpha value is -0.650. The molecule has 0 aliphatic heterocycles. The lowest BCUT2D eigenvalue weighted by Gasteiger charge is -2.09. The van der Waals surface area contributed by atoms with E-state index in [-0.39, 0.29) is 12.6 Å². The summed E-state index contributed by atoms with van der Waals surface area (Å²) in [6.45, 7) is 3.36. The van der Waals surface area contributed by atoms with Gasteiger partial charge in [-0.3, -0.25) is 0 Å². The molecule has 1 atom stereocenters. The molecule has 0 aliphatic carbocycles. The summed E-state index contributed by atoms with van der Waals surface area (Å²) in [6.07, 6.45) is 1.86. The molecule has 0 spiro atoms. The Balaban J connectivity index is 3.23. The Morgan fingerprint density at radius 1 is 1.47 bits per heavy atom. The van der Waals surface area contributed by atoms with Crippen LogP contribution in [0.2, 0.25) is 0 Å². The van der Waals surface area contributed by atoms with Crippen LogP contribution in [0.4, 0.5) is 0 Å². The fourth-order valence-electron chi connectivity index (χ4n) is 1.00. The molecule has 5 heteroatoms. The maximum atomic E-state index is 11.0. The molecule has 90 valence electrons. The fourth-order valence-corrected chi connectivity index (χ4v) is 1.00. The molecule has 0 aromatic heterocycles. The first kappa shape index (κ1) is 14.3. The molecule has 15 heavy (non-hydrogen) atoms. The van der Waals surface area contributed by atoms with Gasteiger partial charge in [0.15, 0.2) is 0 Å². The average Bonchev–Trinajstić information content (AvgIpc) is 2.24. The molecule has 0 amide bonds. The summed E-state index contributed by atoms with van der Waals surface area (Å²) in [5.41, 5.74) is 5.20.